The van der Waals surface area contributed by atoms with Crippen molar-refractivity contribution in [1.82, 2.24) is 10.2 Å². The first-order valence-electron chi connectivity index (χ1n) is 7.43. The minimum absolute atomic E-state index is 0.497. The Morgan fingerprint density at radius 2 is 1.95 bits per heavy atom. The lowest BCUT2D eigenvalue weighted by atomic mass is 10.1. The van der Waals surface area contributed by atoms with Gasteiger partial charge in [-0.2, -0.15) is 0 Å². The van der Waals surface area contributed by atoms with Crippen LogP contribution in [0.1, 0.15) is 32.3 Å². The van der Waals surface area contributed by atoms with Crippen LogP contribution in [-0.4, -0.2) is 30.6 Å². The molecule has 0 amide bonds. The van der Waals surface area contributed by atoms with Crippen LogP contribution in [0.25, 0.3) is 0 Å². The maximum absolute atomic E-state index is 13.3. The number of nitrogens with zero attached hydrogens (tertiary/aromatic N) is 1. The highest BCUT2D eigenvalue weighted by atomic mass is 19.1. The second kappa shape index (κ2) is 7.14. The Hall–Kier alpha value is -1.00. The number of nitrogens with one attached hydrogen (secondary N) is 1. The zero-order valence-corrected chi connectivity index (χ0v) is 12.3. The first kappa shape index (κ1) is 15.4. The minimum atomic E-state index is -0.497. The molecule has 2 rings (SSSR count). The van der Waals surface area contributed by atoms with Gasteiger partial charge in [0.25, 0.3) is 0 Å². The second-order valence-corrected chi connectivity index (χ2v) is 6.16. The van der Waals surface area contributed by atoms with Gasteiger partial charge in [0.15, 0.2) is 0 Å². The minimum Gasteiger partial charge on any atom is -0.313 e. The van der Waals surface area contributed by atoms with Crippen molar-refractivity contribution in [3.05, 3.63) is 35.4 Å². The molecule has 0 aliphatic carbocycles. The topological polar surface area (TPSA) is 15.3 Å². The van der Waals surface area contributed by atoms with Crippen LogP contribution in [0.5, 0.6) is 0 Å². The Morgan fingerprint density at radius 3 is 2.50 bits per heavy atom. The molecule has 1 N–H and O–H groups in total. The summed E-state index contributed by atoms with van der Waals surface area (Å²) >= 11 is 0. The molecule has 0 saturated carbocycles. The van der Waals surface area contributed by atoms with Gasteiger partial charge >= 0.3 is 0 Å². The zero-order chi connectivity index (χ0) is 14.5. The molecule has 2 nitrogen and oxygen atoms in total. The monoisotopic (exact) mass is 282 g/mol. The van der Waals surface area contributed by atoms with E-state index < -0.39 is 11.6 Å². The van der Waals surface area contributed by atoms with Crippen LogP contribution in [0.4, 0.5) is 8.78 Å². The Morgan fingerprint density at radius 1 is 1.25 bits per heavy atom. The van der Waals surface area contributed by atoms with Gasteiger partial charge in [0.05, 0.1) is 0 Å². The van der Waals surface area contributed by atoms with Gasteiger partial charge in [0.2, 0.25) is 0 Å². The largest absolute Gasteiger partial charge is 0.313 e. The van der Waals surface area contributed by atoms with E-state index in [1.807, 2.05) is 0 Å². The van der Waals surface area contributed by atoms with E-state index in [9.17, 15) is 8.78 Å². The summed E-state index contributed by atoms with van der Waals surface area (Å²) in [5.41, 5.74) is 0.709. The molecule has 1 heterocycles. The molecule has 0 radical (unpaired) electrons. The fourth-order valence-corrected chi connectivity index (χ4v) is 2.90. The fourth-order valence-electron chi connectivity index (χ4n) is 2.90. The van der Waals surface area contributed by atoms with E-state index in [1.165, 1.54) is 25.0 Å². The summed E-state index contributed by atoms with van der Waals surface area (Å²) in [5, 5.41) is 3.48. The highest BCUT2D eigenvalue weighted by Gasteiger charge is 2.19. The fraction of sp³-hybridized carbons (Fsp3) is 0.625. The van der Waals surface area contributed by atoms with Crippen LogP contribution in [0.2, 0.25) is 0 Å². The number of halogens is 2. The summed E-state index contributed by atoms with van der Waals surface area (Å²) in [6.07, 6.45) is 2.40. The molecule has 1 unspecified atom stereocenters. The normalized spacial score (nSPS) is 19.2. The molecule has 1 aromatic rings. The molecule has 0 aromatic heterocycles. The van der Waals surface area contributed by atoms with Gasteiger partial charge in [0.1, 0.15) is 11.6 Å². The molecule has 1 aliphatic rings. The van der Waals surface area contributed by atoms with Crippen molar-refractivity contribution < 1.29 is 8.78 Å². The van der Waals surface area contributed by atoms with Crippen molar-refractivity contribution in [3.63, 3.8) is 0 Å². The molecule has 0 bridgehead atoms. The lowest BCUT2D eigenvalue weighted by molar-refractivity contribution is 0.215. The quantitative estimate of drug-likeness (QED) is 0.862. The maximum Gasteiger partial charge on any atom is 0.126 e. The third-order valence-electron chi connectivity index (χ3n) is 3.59. The van der Waals surface area contributed by atoms with Crippen molar-refractivity contribution >= 4 is 0 Å². The summed E-state index contributed by atoms with van der Waals surface area (Å²) in [6, 6.07) is 4.29. The number of rotatable bonds is 6. The molecule has 4 heteroatoms. The van der Waals surface area contributed by atoms with Gasteiger partial charge in [-0.05, 0) is 43.0 Å². The SMILES string of the molecule is CC(C)CN(Cc1cc(F)cc(F)c1)CC1CCCN1. The van der Waals surface area contributed by atoms with Crippen LogP contribution >= 0.6 is 0 Å². The predicted octanol–water partition coefficient (Wildman–Crippen LogP) is 3.17. The Bertz CT molecular complexity index is 408. The summed E-state index contributed by atoms with van der Waals surface area (Å²) in [5.74, 6) is -0.457. The lowest BCUT2D eigenvalue weighted by Gasteiger charge is -2.27. The van der Waals surface area contributed by atoms with Crippen LogP contribution < -0.4 is 5.32 Å². The first-order chi connectivity index (χ1) is 9.52. The predicted molar refractivity (Wildman–Crippen MR) is 77.5 cm³/mol. The molecule has 1 aromatic carbocycles. The number of benzene rings is 1. The van der Waals surface area contributed by atoms with E-state index in [0.717, 1.165) is 25.7 Å². The van der Waals surface area contributed by atoms with Crippen molar-refractivity contribution in [3.8, 4) is 0 Å². The Kier molecular flexibility index (Phi) is 5.49. The highest BCUT2D eigenvalue weighted by Crippen LogP contribution is 2.14. The summed E-state index contributed by atoms with van der Waals surface area (Å²) < 4.78 is 26.5. The standard InChI is InChI=1S/C16H24F2N2/c1-12(2)9-20(11-16-4-3-5-19-16)10-13-6-14(17)8-15(18)7-13/h6-8,12,16,19H,3-5,9-11H2,1-2H3. The van der Waals surface area contributed by atoms with E-state index in [1.54, 1.807) is 0 Å². The molecule has 1 fully saturated rings. The second-order valence-electron chi connectivity index (χ2n) is 6.16. The van der Waals surface area contributed by atoms with Gasteiger partial charge in [-0.1, -0.05) is 13.8 Å². The maximum atomic E-state index is 13.3. The van der Waals surface area contributed by atoms with Crippen LogP contribution in [0.3, 0.4) is 0 Å². The van der Waals surface area contributed by atoms with Crippen molar-refractivity contribution in [2.75, 3.05) is 19.6 Å². The third-order valence-corrected chi connectivity index (χ3v) is 3.59. The number of hydrogen-bond donors (Lipinski definition) is 1. The van der Waals surface area contributed by atoms with E-state index in [4.69, 9.17) is 0 Å². The summed E-state index contributed by atoms with van der Waals surface area (Å²) in [6.45, 7) is 7.90. The van der Waals surface area contributed by atoms with Crippen LogP contribution in [0.15, 0.2) is 18.2 Å². The van der Waals surface area contributed by atoms with E-state index in [-0.39, 0.29) is 0 Å². The number of hydrogen-bond acceptors (Lipinski definition) is 2. The zero-order valence-electron chi connectivity index (χ0n) is 12.3. The Balaban J connectivity index is 2.01. The molecular formula is C16H24F2N2. The molecule has 112 valence electrons. The third kappa shape index (κ3) is 4.84. The molecular weight excluding hydrogens is 258 g/mol. The average molecular weight is 282 g/mol. The molecule has 20 heavy (non-hydrogen) atoms. The first-order valence-corrected chi connectivity index (χ1v) is 7.43. The van der Waals surface area contributed by atoms with Gasteiger partial charge in [-0.15, -0.1) is 0 Å². The average Bonchev–Trinajstić information content (AvgIpc) is 2.79. The molecule has 0 spiro atoms. The van der Waals surface area contributed by atoms with Crippen LogP contribution in [0, 0.1) is 17.6 Å². The van der Waals surface area contributed by atoms with E-state index in [2.05, 4.69) is 24.1 Å². The van der Waals surface area contributed by atoms with E-state index in [0.29, 0.717) is 24.1 Å². The van der Waals surface area contributed by atoms with Gasteiger partial charge < -0.3 is 5.32 Å². The van der Waals surface area contributed by atoms with Crippen molar-refractivity contribution in [2.45, 2.75) is 39.3 Å². The smallest absolute Gasteiger partial charge is 0.126 e. The van der Waals surface area contributed by atoms with Gasteiger partial charge in [-0.3, -0.25) is 4.90 Å². The summed E-state index contributed by atoms with van der Waals surface area (Å²) in [7, 11) is 0. The highest BCUT2D eigenvalue weighted by molar-refractivity contribution is 5.17. The van der Waals surface area contributed by atoms with Crippen molar-refractivity contribution in [2.24, 2.45) is 5.92 Å². The van der Waals surface area contributed by atoms with Crippen molar-refractivity contribution in [1.29, 1.82) is 0 Å². The molecule has 1 atom stereocenters. The summed E-state index contributed by atoms with van der Waals surface area (Å²) in [4.78, 5) is 2.29. The molecule has 1 saturated heterocycles. The van der Waals surface area contributed by atoms with Gasteiger partial charge in [0, 0.05) is 31.7 Å². The lowest BCUT2D eigenvalue weighted by Crippen LogP contribution is -2.39. The Labute approximate surface area is 120 Å². The van der Waals surface area contributed by atoms with Crippen LogP contribution in [-0.2, 0) is 6.54 Å². The van der Waals surface area contributed by atoms with E-state index >= 15 is 0 Å². The molecule has 1 aliphatic heterocycles. The van der Waals surface area contributed by atoms with Gasteiger partial charge in [-0.25, -0.2) is 8.78 Å².